The summed E-state index contributed by atoms with van der Waals surface area (Å²) in [7, 11) is 2.31. The van der Waals surface area contributed by atoms with Gasteiger partial charge in [-0.15, -0.1) is 0 Å². The lowest BCUT2D eigenvalue weighted by Gasteiger charge is -1.94. The van der Waals surface area contributed by atoms with Gasteiger partial charge in [-0.25, -0.2) is 4.79 Å². The minimum absolute atomic E-state index is 0.322. The van der Waals surface area contributed by atoms with E-state index in [2.05, 4.69) is 17.9 Å². The van der Waals surface area contributed by atoms with Crippen LogP contribution in [0.2, 0.25) is 0 Å². The molecule has 0 radical (unpaired) electrons. The molecule has 0 spiro atoms. The maximum Gasteiger partial charge on any atom is 0.337 e. The highest BCUT2D eigenvalue weighted by Gasteiger charge is 1.99. The topological polar surface area (TPSA) is 46.5 Å². The molecule has 0 aromatic rings. The van der Waals surface area contributed by atoms with Crippen LogP contribution in [0, 0.1) is 0 Å². The molecule has 0 aliphatic carbocycles. The molecule has 0 aromatic heterocycles. The number of rotatable bonds is 3. The first-order valence-electron chi connectivity index (χ1n) is 3.23. The quantitative estimate of drug-likeness (QED) is 0.391. The lowest BCUT2D eigenvalue weighted by molar-refractivity contribution is -0.135. The molecule has 3 nitrogen and oxygen atoms in total. The zero-order chi connectivity index (χ0) is 9.98. The second kappa shape index (κ2) is 9.65. The Morgan fingerprint density at radius 3 is 2.33 bits per heavy atom. The molecule has 0 aliphatic rings. The number of aliphatic hydroxyl groups is 1. The van der Waals surface area contributed by atoms with Crippen LogP contribution in [0.15, 0.2) is 37.0 Å². The van der Waals surface area contributed by atoms with Crippen molar-refractivity contribution < 1.29 is 14.6 Å². The minimum Gasteiger partial charge on any atom is -0.465 e. The molecule has 0 amide bonds. The van der Waals surface area contributed by atoms with Crippen LogP contribution in [-0.4, -0.2) is 25.3 Å². The monoisotopic (exact) mass is 170 g/mol. The maximum absolute atomic E-state index is 10.6. The first kappa shape index (κ1) is 13.3. The first-order chi connectivity index (χ1) is 5.72. The van der Waals surface area contributed by atoms with Crippen molar-refractivity contribution in [1.82, 2.24) is 0 Å². The van der Waals surface area contributed by atoms with E-state index in [-0.39, 0.29) is 0 Å². The summed E-state index contributed by atoms with van der Waals surface area (Å²) in [6, 6.07) is 0. The van der Waals surface area contributed by atoms with Gasteiger partial charge in [-0.05, 0) is 6.08 Å². The summed E-state index contributed by atoms with van der Waals surface area (Å²) in [6.45, 7) is 6.89. The average Bonchev–Trinajstić information content (AvgIpc) is 2.16. The van der Waals surface area contributed by atoms with Crippen LogP contribution in [-0.2, 0) is 9.53 Å². The first-order valence-corrected chi connectivity index (χ1v) is 3.23. The molecule has 1 N–H and O–H groups in total. The molecule has 0 aromatic carbocycles. The normalized spacial score (nSPS) is 8.25. The van der Waals surface area contributed by atoms with Gasteiger partial charge in [-0.3, -0.25) is 0 Å². The summed E-state index contributed by atoms with van der Waals surface area (Å²) in [5, 5.41) is 7.00. The number of methoxy groups -OCH3 is 1. The van der Waals surface area contributed by atoms with Crippen LogP contribution in [0.5, 0.6) is 0 Å². The maximum atomic E-state index is 10.6. The fraction of sp³-hybridized carbons (Fsp3) is 0.222. The Hall–Kier alpha value is -1.35. The van der Waals surface area contributed by atoms with E-state index in [4.69, 9.17) is 5.11 Å². The molecule has 0 atom stereocenters. The van der Waals surface area contributed by atoms with Crippen molar-refractivity contribution in [3.05, 3.63) is 37.0 Å². The Morgan fingerprint density at radius 2 is 2.00 bits per heavy atom. The van der Waals surface area contributed by atoms with E-state index in [9.17, 15) is 4.79 Å². The number of aliphatic hydroxyl groups excluding tert-OH is 1. The SMILES string of the molecule is C=C/C=C\C(=C)C(=O)OC.CO. The van der Waals surface area contributed by atoms with Crippen LogP contribution >= 0.6 is 0 Å². The summed E-state index contributed by atoms with van der Waals surface area (Å²) >= 11 is 0. The third-order valence-electron chi connectivity index (χ3n) is 0.881. The Bertz CT molecular complexity index is 180. The summed E-state index contributed by atoms with van der Waals surface area (Å²) in [5.41, 5.74) is 0.322. The van der Waals surface area contributed by atoms with Gasteiger partial charge >= 0.3 is 5.97 Å². The highest BCUT2D eigenvalue weighted by molar-refractivity contribution is 5.90. The number of ether oxygens (including phenoxy) is 1. The molecular weight excluding hydrogens is 156 g/mol. The van der Waals surface area contributed by atoms with Crippen LogP contribution in [0.3, 0.4) is 0 Å². The molecule has 0 saturated heterocycles. The molecule has 0 fully saturated rings. The van der Waals surface area contributed by atoms with Crippen molar-refractivity contribution in [2.24, 2.45) is 0 Å². The summed E-state index contributed by atoms with van der Waals surface area (Å²) in [5.74, 6) is -0.418. The van der Waals surface area contributed by atoms with Gasteiger partial charge in [0.05, 0.1) is 12.7 Å². The van der Waals surface area contributed by atoms with E-state index in [1.54, 1.807) is 18.2 Å². The number of esters is 1. The van der Waals surface area contributed by atoms with Gasteiger partial charge in [0, 0.05) is 7.11 Å². The standard InChI is InChI=1S/C8H10O2.CH4O/c1-4-5-6-7(2)8(9)10-3;1-2/h4-6H,1-2H2,3H3;2H,1H3/b6-5-;. The molecule has 68 valence electrons. The van der Waals surface area contributed by atoms with Crippen LogP contribution < -0.4 is 0 Å². The van der Waals surface area contributed by atoms with Gasteiger partial charge in [0.2, 0.25) is 0 Å². The van der Waals surface area contributed by atoms with E-state index < -0.39 is 5.97 Å². The number of hydrogen-bond donors (Lipinski definition) is 1. The van der Waals surface area contributed by atoms with Crippen molar-refractivity contribution in [3.8, 4) is 0 Å². The predicted octanol–water partition coefficient (Wildman–Crippen LogP) is 1.07. The Morgan fingerprint density at radius 1 is 1.50 bits per heavy atom. The Labute approximate surface area is 72.7 Å². The molecule has 0 heterocycles. The van der Waals surface area contributed by atoms with E-state index in [0.29, 0.717) is 5.57 Å². The fourth-order valence-corrected chi connectivity index (χ4v) is 0.383. The highest BCUT2D eigenvalue weighted by Crippen LogP contribution is 1.94. The zero-order valence-electron chi connectivity index (χ0n) is 7.41. The van der Waals surface area contributed by atoms with E-state index in [0.717, 1.165) is 7.11 Å². The van der Waals surface area contributed by atoms with Crippen molar-refractivity contribution >= 4 is 5.97 Å². The van der Waals surface area contributed by atoms with Crippen LogP contribution in [0.1, 0.15) is 0 Å². The minimum atomic E-state index is -0.418. The van der Waals surface area contributed by atoms with Gasteiger partial charge in [-0.2, -0.15) is 0 Å². The lowest BCUT2D eigenvalue weighted by atomic mass is 10.3. The Balaban J connectivity index is 0. The van der Waals surface area contributed by atoms with Gasteiger partial charge < -0.3 is 9.84 Å². The highest BCUT2D eigenvalue weighted by atomic mass is 16.5. The molecule has 0 unspecified atom stereocenters. The van der Waals surface area contributed by atoms with Crippen molar-refractivity contribution in [1.29, 1.82) is 0 Å². The molecule has 0 aliphatic heterocycles. The van der Waals surface area contributed by atoms with E-state index in [1.165, 1.54) is 7.11 Å². The third kappa shape index (κ3) is 6.77. The summed E-state index contributed by atoms with van der Waals surface area (Å²) in [4.78, 5) is 10.6. The van der Waals surface area contributed by atoms with E-state index >= 15 is 0 Å². The van der Waals surface area contributed by atoms with E-state index in [1.807, 2.05) is 0 Å². The second-order valence-electron chi connectivity index (χ2n) is 1.61. The second-order valence-corrected chi connectivity index (χ2v) is 1.61. The van der Waals surface area contributed by atoms with Gasteiger partial charge in [0.15, 0.2) is 0 Å². The van der Waals surface area contributed by atoms with Gasteiger partial charge in [-0.1, -0.05) is 25.3 Å². The van der Waals surface area contributed by atoms with Gasteiger partial charge in [0.25, 0.3) is 0 Å². The number of carbonyl (C=O) groups excluding carboxylic acids is 1. The molecule has 0 saturated carbocycles. The molecule has 3 heteroatoms. The smallest absolute Gasteiger partial charge is 0.337 e. The largest absolute Gasteiger partial charge is 0.465 e. The van der Waals surface area contributed by atoms with Crippen molar-refractivity contribution in [2.45, 2.75) is 0 Å². The average molecular weight is 170 g/mol. The summed E-state index contributed by atoms with van der Waals surface area (Å²) in [6.07, 6.45) is 4.73. The van der Waals surface area contributed by atoms with Crippen LogP contribution in [0.25, 0.3) is 0 Å². The lowest BCUT2D eigenvalue weighted by Crippen LogP contribution is -2.00. The number of carbonyl (C=O) groups is 1. The Kier molecular flexibility index (Phi) is 10.7. The number of hydrogen-bond acceptors (Lipinski definition) is 3. The zero-order valence-corrected chi connectivity index (χ0v) is 7.41. The third-order valence-corrected chi connectivity index (χ3v) is 0.881. The molecule has 0 rings (SSSR count). The number of allylic oxidation sites excluding steroid dienone is 2. The summed E-state index contributed by atoms with van der Waals surface area (Å²) < 4.78 is 4.39. The fourth-order valence-electron chi connectivity index (χ4n) is 0.383. The molecule has 0 bridgehead atoms. The van der Waals surface area contributed by atoms with Gasteiger partial charge in [0.1, 0.15) is 0 Å². The van der Waals surface area contributed by atoms with Crippen molar-refractivity contribution in [2.75, 3.05) is 14.2 Å². The molecular formula is C9H14O3. The van der Waals surface area contributed by atoms with Crippen molar-refractivity contribution in [3.63, 3.8) is 0 Å². The van der Waals surface area contributed by atoms with Crippen LogP contribution in [0.4, 0.5) is 0 Å². The molecule has 12 heavy (non-hydrogen) atoms. The predicted molar refractivity (Wildman–Crippen MR) is 48.6 cm³/mol.